The normalized spacial score (nSPS) is 22.3. The Balaban J connectivity index is 1.93. The lowest BCUT2D eigenvalue weighted by atomic mass is 9.83. The minimum atomic E-state index is -0.144. The van der Waals surface area contributed by atoms with Crippen molar-refractivity contribution in [2.45, 2.75) is 64.4 Å². The van der Waals surface area contributed by atoms with Crippen LogP contribution in [0.2, 0.25) is 0 Å². The molecule has 1 saturated carbocycles. The van der Waals surface area contributed by atoms with Crippen LogP contribution in [-0.2, 0) is 14.2 Å². The van der Waals surface area contributed by atoms with E-state index in [0.717, 1.165) is 71.3 Å². The summed E-state index contributed by atoms with van der Waals surface area (Å²) >= 11 is 0. The highest BCUT2D eigenvalue weighted by Gasteiger charge is 2.34. The molecule has 2 aliphatic rings. The van der Waals surface area contributed by atoms with E-state index in [1.165, 1.54) is 25.7 Å². The minimum Gasteiger partial charge on any atom is -0.382 e. The van der Waals surface area contributed by atoms with Crippen LogP contribution in [0.5, 0.6) is 0 Å². The summed E-state index contributed by atoms with van der Waals surface area (Å²) in [6.07, 6.45) is 8.13. The van der Waals surface area contributed by atoms with E-state index in [9.17, 15) is 0 Å². The molecule has 1 saturated heterocycles. The molecule has 2 N–H and O–H groups in total. The van der Waals surface area contributed by atoms with E-state index in [-0.39, 0.29) is 5.60 Å². The van der Waals surface area contributed by atoms with Gasteiger partial charge in [0.1, 0.15) is 0 Å². The molecule has 0 aromatic rings. The molecule has 0 amide bonds. The Labute approximate surface area is 159 Å². The molecule has 2 rings (SSSR count). The van der Waals surface area contributed by atoms with Gasteiger partial charge in [0, 0.05) is 66.0 Å². The van der Waals surface area contributed by atoms with E-state index in [2.05, 4.69) is 24.5 Å². The zero-order chi connectivity index (χ0) is 18.7. The Hall–Kier alpha value is -0.850. The summed E-state index contributed by atoms with van der Waals surface area (Å²) in [5, 5.41) is 6.91. The third-order valence-corrected chi connectivity index (χ3v) is 5.98. The van der Waals surface area contributed by atoms with E-state index in [1.54, 1.807) is 7.11 Å². The number of nitrogens with zero attached hydrogens (tertiary/aromatic N) is 1. The summed E-state index contributed by atoms with van der Waals surface area (Å²) in [6, 6.07) is 0. The molecule has 1 aliphatic heterocycles. The minimum absolute atomic E-state index is 0.144. The van der Waals surface area contributed by atoms with Crippen LogP contribution in [0.25, 0.3) is 0 Å². The molecule has 0 bridgehead atoms. The van der Waals surface area contributed by atoms with E-state index < -0.39 is 0 Å². The monoisotopic (exact) mass is 369 g/mol. The molecule has 0 spiro atoms. The quantitative estimate of drug-likeness (QED) is 0.352. The fraction of sp³-hybridized carbons (Fsp3) is 0.950. The van der Waals surface area contributed by atoms with Crippen molar-refractivity contribution in [1.82, 2.24) is 10.6 Å². The molecule has 0 aromatic heterocycles. The lowest BCUT2D eigenvalue weighted by Gasteiger charge is -2.36. The largest absolute Gasteiger partial charge is 0.382 e. The number of hydrogen-bond acceptors (Lipinski definition) is 4. The molecule has 0 atom stereocenters. The van der Waals surface area contributed by atoms with Gasteiger partial charge in [-0.1, -0.05) is 12.8 Å². The van der Waals surface area contributed by atoms with Crippen LogP contribution in [0.4, 0.5) is 0 Å². The van der Waals surface area contributed by atoms with Crippen molar-refractivity contribution in [1.29, 1.82) is 0 Å². The van der Waals surface area contributed by atoms with Gasteiger partial charge in [0.15, 0.2) is 5.96 Å². The average Bonchev–Trinajstić information content (AvgIpc) is 3.14. The first kappa shape index (κ1) is 21.5. The third-order valence-electron chi connectivity index (χ3n) is 5.98. The first-order chi connectivity index (χ1) is 12.7. The fourth-order valence-corrected chi connectivity index (χ4v) is 4.07. The second-order valence-corrected chi connectivity index (χ2v) is 7.70. The van der Waals surface area contributed by atoms with Crippen LogP contribution in [0, 0.1) is 5.41 Å². The summed E-state index contributed by atoms with van der Waals surface area (Å²) in [4.78, 5) is 4.95. The Morgan fingerprint density at radius 3 is 2.42 bits per heavy atom. The standard InChI is InChI=1S/C20H39N3O3/c1-4-21-18(23-17-20(24-3)11-14-26-15-12-20)22-16-19(8-6-7-9-19)10-13-25-5-2/h4-17H2,1-3H3,(H2,21,22,23). The summed E-state index contributed by atoms with van der Waals surface area (Å²) in [5.41, 5.74) is 0.170. The number of hydrogen-bond donors (Lipinski definition) is 2. The number of guanidine groups is 1. The highest BCUT2D eigenvalue weighted by atomic mass is 16.5. The smallest absolute Gasteiger partial charge is 0.191 e. The van der Waals surface area contributed by atoms with Gasteiger partial charge < -0.3 is 24.8 Å². The lowest BCUT2D eigenvalue weighted by molar-refractivity contribution is -0.0855. The summed E-state index contributed by atoms with van der Waals surface area (Å²) in [7, 11) is 1.80. The van der Waals surface area contributed by atoms with Crippen molar-refractivity contribution in [3.05, 3.63) is 0 Å². The Morgan fingerprint density at radius 2 is 1.81 bits per heavy atom. The average molecular weight is 370 g/mol. The number of ether oxygens (including phenoxy) is 3. The van der Waals surface area contributed by atoms with Gasteiger partial charge >= 0.3 is 0 Å². The van der Waals surface area contributed by atoms with Gasteiger partial charge in [-0.15, -0.1) is 0 Å². The van der Waals surface area contributed by atoms with Gasteiger partial charge in [-0.25, -0.2) is 0 Å². The van der Waals surface area contributed by atoms with Gasteiger partial charge in [0.2, 0.25) is 0 Å². The molecule has 0 aromatic carbocycles. The topological polar surface area (TPSA) is 64.1 Å². The Kier molecular flexibility index (Phi) is 9.16. The zero-order valence-electron chi connectivity index (χ0n) is 17.1. The van der Waals surface area contributed by atoms with Gasteiger partial charge in [-0.05, 0) is 38.5 Å². The summed E-state index contributed by atoms with van der Waals surface area (Å²) < 4.78 is 16.9. The number of rotatable bonds is 10. The van der Waals surface area contributed by atoms with E-state index in [1.807, 2.05) is 0 Å². The van der Waals surface area contributed by atoms with Crippen LogP contribution < -0.4 is 10.6 Å². The first-order valence-electron chi connectivity index (χ1n) is 10.4. The zero-order valence-corrected chi connectivity index (χ0v) is 17.1. The van der Waals surface area contributed by atoms with Crippen molar-refractivity contribution in [2.24, 2.45) is 10.4 Å². The van der Waals surface area contributed by atoms with Crippen LogP contribution in [-0.4, -0.2) is 64.7 Å². The third kappa shape index (κ3) is 6.39. The number of nitrogens with one attached hydrogen (secondary N) is 2. The fourth-order valence-electron chi connectivity index (χ4n) is 4.07. The summed E-state index contributed by atoms with van der Waals surface area (Å²) in [5.74, 6) is 0.901. The molecule has 152 valence electrons. The maximum Gasteiger partial charge on any atom is 0.191 e. The molecule has 0 unspecified atom stereocenters. The molecule has 6 nitrogen and oxygen atoms in total. The van der Waals surface area contributed by atoms with Gasteiger partial charge in [0.05, 0.1) is 5.60 Å². The molecular weight excluding hydrogens is 330 g/mol. The molecule has 1 aliphatic carbocycles. The van der Waals surface area contributed by atoms with Crippen molar-refractivity contribution in [3.8, 4) is 0 Å². The van der Waals surface area contributed by atoms with Crippen LogP contribution in [0.3, 0.4) is 0 Å². The summed E-state index contributed by atoms with van der Waals surface area (Å²) in [6.45, 7) is 9.86. The molecule has 0 radical (unpaired) electrons. The number of aliphatic imine (C=N–C) groups is 1. The van der Waals surface area contributed by atoms with Crippen LogP contribution in [0.1, 0.15) is 58.8 Å². The lowest BCUT2D eigenvalue weighted by Crippen LogP contribution is -2.51. The van der Waals surface area contributed by atoms with Crippen molar-refractivity contribution in [3.63, 3.8) is 0 Å². The van der Waals surface area contributed by atoms with Crippen molar-refractivity contribution >= 4 is 5.96 Å². The molecule has 6 heteroatoms. The molecule has 26 heavy (non-hydrogen) atoms. The van der Waals surface area contributed by atoms with Crippen molar-refractivity contribution < 1.29 is 14.2 Å². The highest BCUT2D eigenvalue weighted by molar-refractivity contribution is 5.79. The number of methoxy groups -OCH3 is 1. The first-order valence-corrected chi connectivity index (χ1v) is 10.4. The van der Waals surface area contributed by atoms with E-state index in [0.29, 0.717) is 5.41 Å². The second kappa shape index (κ2) is 11.1. The van der Waals surface area contributed by atoms with E-state index in [4.69, 9.17) is 19.2 Å². The van der Waals surface area contributed by atoms with Crippen LogP contribution in [0.15, 0.2) is 4.99 Å². The maximum atomic E-state index is 5.83. The van der Waals surface area contributed by atoms with E-state index >= 15 is 0 Å². The van der Waals surface area contributed by atoms with Gasteiger partial charge in [-0.3, -0.25) is 4.99 Å². The molecule has 1 heterocycles. The Bertz CT molecular complexity index is 417. The SMILES string of the molecule is CCNC(=NCC1(CCOCC)CCCC1)NCC1(OC)CCOCC1. The van der Waals surface area contributed by atoms with Gasteiger partial charge in [0.25, 0.3) is 0 Å². The highest BCUT2D eigenvalue weighted by Crippen LogP contribution is 2.41. The Morgan fingerprint density at radius 1 is 1.08 bits per heavy atom. The van der Waals surface area contributed by atoms with Crippen LogP contribution >= 0.6 is 0 Å². The molecule has 2 fully saturated rings. The molecular formula is C20H39N3O3. The second-order valence-electron chi connectivity index (χ2n) is 7.70. The predicted octanol–water partition coefficient (Wildman–Crippen LogP) is 2.72. The maximum absolute atomic E-state index is 5.83. The van der Waals surface area contributed by atoms with Gasteiger partial charge in [-0.2, -0.15) is 0 Å². The van der Waals surface area contributed by atoms with Crippen molar-refractivity contribution in [2.75, 3.05) is 53.2 Å². The predicted molar refractivity (Wildman–Crippen MR) is 106 cm³/mol.